The van der Waals surface area contributed by atoms with Gasteiger partial charge in [0.15, 0.2) is 5.65 Å². The summed E-state index contributed by atoms with van der Waals surface area (Å²) in [5, 5.41) is 9.26. The Balaban J connectivity index is 1.75. The molecule has 1 aliphatic heterocycles. The van der Waals surface area contributed by atoms with Crippen LogP contribution in [0.4, 0.5) is 5.82 Å². The van der Waals surface area contributed by atoms with Crippen molar-refractivity contribution in [3.63, 3.8) is 0 Å². The van der Waals surface area contributed by atoms with Crippen LogP contribution in [0.3, 0.4) is 0 Å². The first-order valence-electron chi connectivity index (χ1n) is 6.94. The molecule has 3 heterocycles. The summed E-state index contributed by atoms with van der Waals surface area (Å²) in [4.78, 5) is 4.51. The zero-order valence-electron chi connectivity index (χ0n) is 11.4. The number of rotatable bonds is 1. The highest BCUT2D eigenvalue weighted by atomic mass is 15.4. The predicted molar refractivity (Wildman–Crippen MR) is 79.9 cm³/mol. The van der Waals surface area contributed by atoms with E-state index in [4.69, 9.17) is 0 Å². The van der Waals surface area contributed by atoms with Gasteiger partial charge in [0, 0.05) is 18.2 Å². The van der Waals surface area contributed by atoms with Crippen molar-refractivity contribution in [1.29, 1.82) is 0 Å². The van der Waals surface area contributed by atoms with E-state index in [1.165, 1.54) is 5.56 Å². The Hall–Kier alpha value is -2.36. The molecule has 4 rings (SSSR count). The highest BCUT2D eigenvalue weighted by Gasteiger charge is 2.22. The van der Waals surface area contributed by atoms with Gasteiger partial charge in [0.2, 0.25) is 0 Å². The summed E-state index contributed by atoms with van der Waals surface area (Å²) < 4.78 is 2.05. The van der Waals surface area contributed by atoms with Gasteiger partial charge in [-0.1, -0.05) is 30.3 Å². The lowest BCUT2D eigenvalue weighted by Gasteiger charge is -2.25. The van der Waals surface area contributed by atoms with Gasteiger partial charge in [-0.2, -0.15) is 5.10 Å². The normalized spacial score (nSPS) is 17.8. The molecule has 1 unspecified atom stereocenters. The molecule has 4 nitrogen and oxygen atoms in total. The van der Waals surface area contributed by atoms with E-state index in [0.29, 0.717) is 5.92 Å². The van der Waals surface area contributed by atoms with Crippen LogP contribution in [0.25, 0.3) is 11.0 Å². The minimum atomic E-state index is 0.458. The molecule has 0 spiro atoms. The zero-order chi connectivity index (χ0) is 13.5. The van der Waals surface area contributed by atoms with Gasteiger partial charge in [-0.05, 0) is 24.6 Å². The number of fused-ring (bicyclic) bond motifs is 3. The third kappa shape index (κ3) is 1.76. The van der Waals surface area contributed by atoms with E-state index in [2.05, 4.69) is 56.5 Å². The van der Waals surface area contributed by atoms with Crippen molar-refractivity contribution in [1.82, 2.24) is 14.8 Å². The van der Waals surface area contributed by atoms with E-state index in [-0.39, 0.29) is 0 Å². The summed E-state index contributed by atoms with van der Waals surface area (Å²) in [7, 11) is 0. The second kappa shape index (κ2) is 4.34. The molecule has 1 aromatic carbocycles. The molecule has 1 atom stereocenters. The molecule has 0 radical (unpaired) electrons. The van der Waals surface area contributed by atoms with Crippen molar-refractivity contribution >= 4 is 16.9 Å². The Morgan fingerprint density at radius 3 is 2.85 bits per heavy atom. The van der Waals surface area contributed by atoms with Gasteiger partial charge < -0.3 is 5.32 Å². The first kappa shape index (κ1) is 11.5. The number of hydrogen-bond acceptors (Lipinski definition) is 3. The molecule has 1 aliphatic rings. The Labute approximate surface area is 117 Å². The van der Waals surface area contributed by atoms with Crippen molar-refractivity contribution in [3.8, 4) is 0 Å². The summed E-state index contributed by atoms with van der Waals surface area (Å²) in [6.45, 7) is 3.85. The maximum Gasteiger partial charge on any atom is 0.183 e. The Morgan fingerprint density at radius 1 is 1.15 bits per heavy atom. The summed E-state index contributed by atoms with van der Waals surface area (Å²) in [6.07, 6.45) is 0. The molecule has 100 valence electrons. The highest BCUT2D eigenvalue weighted by molar-refractivity contribution is 5.87. The monoisotopic (exact) mass is 264 g/mol. The molecule has 20 heavy (non-hydrogen) atoms. The smallest absolute Gasteiger partial charge is 0.183 e. The van der Waals surface area contributed by atoms with E-state index in [0.717, 1.165) is 35.6 Å². The quantitative estimate of drug-likeness (QED) is 0.735. The lowest BCUT2D eigenvalue weighted by Crippen LogP contribution is -2.26. The van der Waals surface area contributed by atoms with Crippen LogP contribution in [0.15, 0.2) is 42.5 Å². The number of hydrogen-bond donors (Lipinski definition) is 1. The molecule has 1 N–H and O–H groups in total. The molecule has 4 heteroatoms. The largest absolute Gasteiger partial charge is 0.369 e. The molecule has 3 aromatic rings. The van der Waals surface area contributed by atoms with E-state index >= 15 is 0 Å². The van der Waals surface area contributed by atoms with Gasteiger partial charge in [-0.15, -0.1) is 0 Å². The van der Waals surface area contributed by atoms with Crippen molar-refractivity contribution in [2.24, 2.45) is 0 Å². The van der Waals surface area contributed by atoms with E-state index in [9.17, 15) is 0 Å². The van der Waals surface area contributed by atoms with E-state index in [1.807, 2.05) is 13.0 Å². The standard InChI is InChI=1S/C16H16N4/c1-11-7-8-14-15(18-11)19-20-10-13(9-17-16(14)20)12-5-3-2-4-6-12/h2-8,13,17H,9-10H2,1H3. The van der Waals surface area contributed by atoms with Crippen LogP contribution in [0.5, 0.6) is 0 Å². The maximum atomic E-state index is 4.63. The molecule has 0 fully saturated rings. The first-order valence-corrected chi connectivity index (χ1v) is 6.94. The lowest BCUT2D eigenvalue weighted by atomic mass is 9.98. The third-order valence-electron chi connectivity index (χ3n) is 3.92. The summed E-state index contributed by atoms with van der Waals surface area (Å²) in [5.74, 6) is 1.55. The minimum absolute atomic E-state index is 0.458. The molecule has 2 aromatic heterocycles. The van der Waals surface area contributed by atoms with Gasteiger partial charge in [0.05, 0.1) is 11.9 Å². The van der Waals surface area contributed by atoms with Crippen LogP contribution in [0, 0.1) is 6.92 Å². The molecule has 0 bridgehead atoms. The van der Waals surface area contributed by atoms with Crippen molar-refractivity contribution in [2.75, 3.05) is 11.9 Å². The van der Waals surface area contributed by atoms with Crippen LogP contribution >= 0.6 is 0 Å². The summed E-state index contributed by atoms with van der Waals surface area (Å²) in [6, 6.07) is 14.7. The fourth-order valence-corrected chi connectivity index (χ4v) is 2.87. The number of aromatic nitrogens is 3. The highest BCUT2D eigenvalue weighted by Crippen LogP contribution is 2.30. The van der Waals surface area contributed by atoms with Gasteiger partial charge in [0.25, 0.3) is 0 Å². The molecule has 0 aliphatic carbocycles. The third-order valence-corrected chi connectivity index (χ3v) is 3.92. The number of pyridine rings is 1. The van der Waals surface area contributed by atoms with Crippen LogP contribution in [-0.4, -0.2) is 21.3 Å². The van der Waals surface area contributed by atoms with Crippen LogP contribution in [0.1, 0.15) is 17.2 Å². The fourth-order valence-electron chi connectivity index (χ4n) is 2.87. The number of nitrogens with zero attached hydrogens (tertiary/aromatic N) is 3. The SMILES string of the molecule is Cc1ccc2c3n(nc2n1)CC(c1ccccc1)CN3. The average Bonchev–Trinajstić information content (AvgIpc) is 2.84. The molecule has 0 amide bonds. The summed E-state index contributed by atoms with van der Waals surface area (Å²) >= 11 is 0. The Bertz CT molecular complexity index is 761. The number of aryl methyl sites for hydroxylation is 1. The van der Waals surface area contributed by atoms with Crippen molar-refractivity contribution in [2.45, 2.75) is 19.4 Å². The van der Waals surface area contributed by atoms with Crippen molar-refractivity contribution in [3.05, 3.63) is 53.7 Å². The zero-order valence-corrected chi connectivity index (χ0v) is 11.4. The van der Waals surface area contributed by atoms with Gasteiger partial charge in [-0.25, -0.2) is 9.67 Å². The van der Waals surface area contributed by atoms with Gasteiger partial charge in [0.1, 0.15) is 5.82 Å². The van der Waals surface area contributed by atoms with E-state index in [1.54, 1.807) is 0 Å². The van der Waals surface area contributed by atoms with E-state index < -0.39 is 0 Å². The molecule has 0 saturated carbocycles. The van der Waals surface area contributed by atoms with Crippen LogP contribution < -0.4 is 5.32 Å². The fraction of sp³-hybridized carbons (Fsp3) is 0.250. The molecular weight excluding hydrogens is 248 g/mol. The minimum Gasteiger partial charge on any atom is -0.369 e. The predicted octanol–water partition coefficient (Wildman–Crippen LogP) is 2.95. The average molecular weight is 264 g/mol. The second-order valence-corrected chi connectivity index (χ2v) is 5.34. The lowest BCUT2D eigenvalue weighted by molar-refractivity contribution is 0.508. The number of nitrogens with one attached hydrogen (secondary N) is 1. The first-order chi connectivity index (χ1) is 9.81. The number of anilines is 1. The Kier molecular flexibility index (Phi) is 2.49. The Morgan fingerprint density at radius 2 is 2.00 bits per heavy atom. The molecule has 0 saturated heterocycles. The molecular formula is C16H16N4. The van der Waals surface area contributed by atoms with Gasteiger partial charge >= 0.3 is 0 Å². The van der Waals surface area contributed by atoms with Crippen molar-refractivity contribution < 1.29 is 0 Å². The van der Waals surface area contributed by atoms with Gasteiger partial charge in [-0.3, -0.25) is 0 Å². The second-order valence-electron chi connectivity index (χ2n) is 5.34. The van der Waals surface area contributed by atoms with Crippen LogP contribution in [0.2, 0.25) is 0 Å². The topological polar surface area (TPSA) is 42.7 Å². The number of benzene rings is 1. The maximum absolute atomic E-state index is 4.63. The van der Waals surface area contributed by atoms with Crippen LogP contribution in [-0.2, 0) is 6.54 Å². The summed E-state index contributed by atoms with van der Waals surface area (Å²) in [5.41, 5.74) is 3.20.